The zero-order valence-electron chi connectivity index (χ0n) is 9.89. The van der Waals surface area contributed by atoms with Crippen molar-refractivity contribution in [2.45, 2.75) is 25.2 Å². The fourth-order valence-corrected chi connectivity index (χ4v) is 2.57. The van der Waals surface area contributed by atoms with E-state index in [0.717, 1.165) is 30.1 Å². The third-order valence-electron chi connectivity index (χ3n) is 3.49. The molecule has 1 atom stereocenters. The van der Waals surface area contributed by atoms with E-state index < -0.39 is 0 Å². The van der Waals surface area contributed by atoms with E-state index in [4.69, 9.17) is 5.73 Å². The van der Waals surface area contributed by atoms with E-state index in [2.05, 4.69) is 14.7 Å². The average molecular weight is 230 g/mol. The van der Waals surface area contributed by atoms with Gasteiger partial charge in [-0.2, -0.15) is 0 Å². The highest BCUT2D eigenvalue weighted by Crippen LogP contribution is 2.24. The smallest absolute Gasteiger partial charge is 0.117 e. The molecular formula is C13H18N4. The van der Waals surface area contributed by atoms with Crippen molar-refractivity contribution in [3.05, 3.63) is 30.4 Å². The van der Waals surface area contributed by atoms with E-state index in [0.29, 0.717) is 5.92 Å². The quantitative estimate of drug-likeness (QED) is 0.785. The molecule has 0 bridgehead atoms. The lowest BCUT2D eigenvalue weighted by atomic mass is 10.0. The molecule has 4 nitrogen and oxygen atoms in total. The Morgan fingerprint density at radius 3 is 3.24 bits per heavy atom. The topological polar surface area (TPSA) is 55.3 Å². The number of fused-ring (bicyclic) bond motifs is 1. The molecule has 0 saturated carbocycles. The van der Waals surface area contributed by atoms with Gasteiger partial charge in [-0.15, -0.1) is 0 Å². The largest absolute Gasteiger partial charge is 0.398 e. The second-order valence-corrected chi connectivity index (χ2v) is 4.77. The van der Waals surface area contributed by atoms with E-state index in [1.807, 2.05) is 24.5 Å². The summed E-state index contributed by atoms with van der Waals surface area (Å²) >= 11 is 0. The van der Waals surface area contributed by atoms with Gasteiger partial charge in [-0.05, 0) is 31.5 Å². The SMILES string of the molecule is Nc1ccc2cnc(C3CCCCNC3)n2c1. The molecule has 1 unspecified atom stereocenters. The fraction of sp³-hybridized carbons (Fsp3) is 0.462. The van der Waals surface area contributed by atoms with E-state index in [-0.39, 0.29) is 0 Å². The number of rotatable bonds is 1. The summed E-state index contributed by atoms with van der Waals surface area (Å²) < 4.78 is 2.13. The molecule has 0 amide bonds. The molecular weight excluding hydrogens is 212 g/mol. The van der Waals surface area contributed by atoms with Crippen LogP contribution in [0.1, 0.15) is 31.0 Å². The van der Waals surface area contributed by atoms with Gasteiger partial charge in [0.2, 0.25) is 0 Å². The summed E-state index contributed by atoms with van der Waals surface area (Å²) in [6.07, 6.45) is 7.65. The Kier molecular flexibility index (Phi) is 2.73. The van der Waals surface area contributed by atoms with Crippen LogP contribution in [-0.2, 0) is 0 Å². The molecule has 0 aromatic carbocycles. The number of pyridine rings is 1. The summed E-state index contributed by atoms with van der Waals surface area (Å²) in [7, 11) is 0. The van der Waals surface area contributed by atoms with E-state index in [9.17, 15) is 0 Å². The predicted octanol–water partition coefficient (Wildman–Crippen LogP) is 1.77. The maximum atomic E-state index is 5.85. The van der Waals surface area contributed by atoms with Crippen molar-refractivity contribution in [1.29, 1.82) is 0 Å². The molecule has 1 saturated heterocycles. The highest BCUT2D eigenvalue weighted by atomic mass is 15.0. The Hall–Kier alpha value is -1.55. The molecule has 3 heterocycles. The number of imidazole rings is 1. The first-order valence-electron chi connectivity index (χ1n) is 6.28. The van der Waals surface area contributed by atoms with Gasteiger partial charge in [0, 0.05) is 24.3 Å². The molecule has 4 heteroatoms. The van der Waals surface area contributed by atoms with Crippen LogP contribution >= 0.6 is 0 Å². The van der Waals surface area contributed by atoms with Gasteiger partial charge < -0.3 is 15.5 Å². The molecule has 17 heavy (non-hydrogen) atoms. The van der Waals surface area contributed by atoms with Gasteiger partial charge in [0.15, 0.2) is 0 Å². The number of aromatic nitrogens is 2. The predicted molar refractivity (Wildman–Crippen MR) is 69.1 cm³/mol. The van der Waals surface area contributed by atoms with Gasteiger partial charge in [-0.3, -0.25) is 0 Å². The first kappa shape index (κ1) is 10.6. The fourth-order valence-electron chi connectivity index (χ4n) is 2.57. The van der Waals surface area contributed by atoms with Crippen LogP contribution in [0, 0.1) is 0 Å². The Morgan fingerprint density at radius 2 is 2.29 bits per heavy atom. The van der Waals surface area contributed by atoms with Crippen LogP contribution in [0.25, 0.3) is 5.52 Å². The van der Waals surface area contributed by atoms with Crippen molar-refractivity contribution in [1.82, 2.24) is 14.7 Å². The Labute approximate surface area is 101 Å². The number of nitrogens with zero attached hydrogens (tertiary/aromatic N) is 2. The molecule has 0 spiro atoms. The summed E-state index contributed by atoms with van der Waals surface area (Å²) in [6, 6.07) is 3.95. The first-order valence-corrected chi connectivity index (χ1v) is 6.28. The van der Waals surface area contributed by atoms with Crippen molar-refractivity contribution < 1.29 is 0 Å². The van der Waals surface area contributed by atoms with Gasteiger partial charge in [-0.25, -0.2) is 4.98 Å². The molecule has 1 aliphatic heterocycles. The molecule has 2 aromatic heterocycles. The number of anilines is 1. The Morgan fingerprint density at radius 1 is 1.35 bits per heavy atom. The van der Waals surface area contributed by atoms with Crippen LogP contribution in [0.15, 0.2) is 24.5 Å². The Bertz CT molecular complexity index is 509. The minimum absolute atomic E-state index is 0.502. The minimum Gasteiger partial charge on any atom is -0.398 e. The lowest BCUT2D eigenvalue weighted by Crippen LogP contribution is -2.20. The first-order chi connectivity index (χ1) is 8.34. The van der Waals surface area contributed by atoms with Crippen LogP contribution in [0.4, 0.5) is 5.69 Å². The second-order valence-electron chi connectivity index (χ2n) is 4.77. The van der Waals surface area contributed by atoms with Gasteiger partial charge in [-0.1, -0.05) is 6.42 Å². The lowest BCUT2D eigenvalue weighted by Gasteiger charge is -2.13. The van der Waals surface area contributed by atoms with Crippen LogP contribution in [-0.4, -0.2) is 22.5 Å². The number of nitrogens with one attached hydrogen (secondary N) is 1. The van der Waals surface area contributed by atoms with Crippen LogP contribution in [0.2, 0.25) is 0 Å². The van der Waals surface area contributed by atoms with E-state index >= 15 is 0 Å². The molecule has 90 valence electrons. The van der Waals surface area contributed by atoms with Crippen molar-refractivity contribution in [3.63, 3.8) is 0 Å². The van der Waals surface area contributed by atoms with E-state index in [1.165, 1.54) is 19.3 Å². The standard InChI is InChI=1S/C13H18N4/c14-11-4-5-12-8-16-13(17(12)9-11)10-3-1-2-6-15-7-10/h4-5,8-10,15H,1-3,6-7,14H2. The average Bonchev–Trinajstić information content (AvgIpc) is 2.58. The molecule has 3 N–H and O–H groups in total. The molecule has 0 radical (unpaired) electrons. The third-order valence-corrected chi connectivity index (χ3v) is 3.49. The van der Waals surface area contributed by atoms with Gasteiger partial charge in [0.05, 0.1) is 11.7 Å². The van der Waals surface area contributed by atoms with Crippen molar-refractivity contribution >= 4 is 11.2 Å². The summed E-state index contributed by atoms with van der Waals surface area (Å²) in [5, 5.41) is 3.48. The molecule has 1 aliphatic rings. The number of nitrogens with two attached hydrogens (primary N) is 1. The van der Waals surface area contributed by atoms with Gasteiger partial charge in [0.1, 0.15) is 5.82 Å². The number of nitrogen functional groups attached to an aromatic ring is 1. The molecule has 1 fully saturated rings. The maximum absolute atomic E-state index is 5.85. The normalized spacial score (nSPS) is 21.5. The number of hydrogen-bond donors (Lipinski definition) is 2. The summed E-state index contributed by atoms with van der Waals surface area (Å²) in [5.74, 6) is 1.64. The Balaban J connectivity index is 2.00. The molecule has 3 rings (SSSR count). The molecule has 2 aromatic rings. The van der Waals surface area contributed by atoms with Crippen molar-refractivity contribution in [2.75, 3.05) is 18.8 Å². The number of hydrogen-bond acceptors (Lipinski definition) is 3. The lowest BCUT2D eigenvalue weighted by molar-refractivity contribution is 0.576. The van der Waals surface area contributed by atoms with Gasteiger partial charge >= 0.3 is 0 Å². The van der Waals surface area contributed by atoms with E-state index in [1.54, 1.807) is 0 Å². The monoisotopic (exact) mass is 230 g/mol. The van der Waals surface area contributed by atoms with Crippen molar-refractivity contribution in [3.8, 4) is 0 Å². The van der Waals surface area contributed by atoms with Crippen molar-refractivity contribution in [2.24, 2.45) is 0 Å². The zero-order valence-corrected chi connectivity index (χ0v) is 9.89. The maximum Gasteiger partial charge on any atom is 0.117 e. The summed E-state index contributed by atoms with van der Waals surface area (Å²) in [5.41, 5.74) is 7.76. The second kappa shape index (κ2) is 4.37. The molecule has 0 aliphatic carbocycles. The van der Waals surface area contributed by atoms with Crippen LogP contribution in [0.3, 0.4) is 0 Å². The summed E-state index contributed by atoms with van der Waals surface area (Å²) in [4.78, 5) is 4.57. The summed E-state index contributed by atoms with van der Waals surface area (Å²) in [6.45, 7) is 2.15. The highest BCUT2D eigenvalue weighted by molar-refractivity contribution is 5.52. The van der Waals surface area contributed by atoms with Gasteiger partial charge in [0.25, 0.3) is 0 Å². The zero-order chi connectivity index (χ0) is 11.7. The third kappa shape index (κ3) is 2.00. The van der Waals surface area contributed by atoms with Crippen LogP contribution < -0.4 is 11.1 Å². The minimum atomic E-state index is 0.502. The highest BCUT2D eigenvalue weighted by Gasteiger charge is 2.18. The van der Waals surface area contributed by atoms with Crippen LogP contribution in [0.5, 0.6) is 0 Å².